The van der Waals surface area contributed by atoms with Crippen molar-refractivity contribution in [2.45, 2.75) is 24.9 Å². The molecule has 3 rings (SSSR count). The largest absolute Gasteiger partial charge is 0.416 e. The minimum Gasteiger partial charge on any atom is -0.370 e. The summed E-state index contributed by atoms with van der Waals surface area (Å²) in [5.74, 6) is 0. The highest BCUT2D eigenvalue weighted by molar-refractivity contribution is 5.24. The van der Waals surface area contributed by atoms with Crippen LogP contribution in [0.25, 0.3) is 0 Å². The molecule has 0 aliphatic carbocycles. The highest BCUT2D eigenvalue weighted by Gasteiger charge is 2.31. The van der Waals surface area contributed by atoms with Crippen molar-refractivity contribution in [3.8, 4) is 0 Å². The fraction of sp³-hybridized carbons (Fsp3) is 0.375. The number of alkyl halides is 3. The molecule has 0 spiro atoms. The SMILES string of the molecule is O=c1cccnn1C1CNCC1OCc1ccc(C(F)(F)F)cc1. The van der Waals surface area contributed by atoms with Crippen LogP contribution in [0.5, 0.6) is 0 Å². The smallest absolute Gasteiger partial charge is 0.370 e. The third-order valence-electron chi connectivity index (χ3n) is 3.93. The quantitative estimate of drug-likeness (QED) is 0.926. The molecule has 1 aromatic heterocycles. The van der Waals surface area contributed by atoms with Crippen molar-refractivity contribution in [1.29, 1.82) is 0 Å². The van der Waals surface area contributed by atoms with E-state index in [-0.39, 0.29) is 24.3 Å². The van der Waals surface area contributed by atoms with Gasteiger partial charge in [-0.1, -0.05) is 12.1 Å². The van der Waals surface area contributed by atoms with Crippen molar-refractivity contribution in [2.75, 3.05) is 13.1 Å². The number of rotatable bonds is 4. The third-order valence-corrected chi connectivity index (χ3v) is 3.93. The van der Waals surface area contributed by atoms with Gasteiger partial charge in [-0.2, -0.15) is 18.3 Å². The van der Waals surface area contributed by atoms with Crippen LogP contribution in [0.1, 0.15) is 17.2 Å². The van der Waals surface area contributed by atoms with E-state index in [2.05, 4.69) is 10.4 Å². The van der Waals surface area contributed by atoms with Crippen LogP contribution in [-0.2, 0) is 17.5 Å². The zero-order valence-corrected chi connectivity index (χ0v) is 12.7. The van der Waals surface area contributed by atoms with Crippen LogP contribution >= 0.6 is 0 Å². The molecule has 8 heteroatoms. The third kappa shape index (κ3) is 3.65. The number of hydrogen-bond acceptors (Lipinski definition) is 4. The minimum atomic E-state index is -4.35. The Balaban J connectivity index is 1.66. The van der Waals surface area contributed by atoms with Crippen LogP contribution in [0.2, 0.25) is 0 Å². The second kappa shape index (κ2) is 6.74. The average molecular weight is 339 g/mol. The normalized spacial score (nSPS) is 21.1. The van der Waals surface area contributed by atoms with E-state index in [1.54, 1.807) is 6.07 Å². The molecule has 1 N–H and O–H groups in total. The van der Waals surface area contributed by atoms with Crippen molar-refractivity contribution in [3.05, 3.63) is 64.1 Å². The molecule has 24 heavy (non-hydrogen) atoms. The van der Waals surface area contributed by atoms with E-state index in [9.17, 15) is 18.0 Å². The molecule has 128 valence electrons. The lowest BCUT2D eigenvalue weighted by Crippen LogP contribution is -2.34. The van der Waals surface area contributed by atoms with Crippen LogP contribution in [0.15, 0.2) is 47.4 Å². The molecule has 0 amide bonds. The molecule has 0 radical (unpaired) electrons. The molecule has 0 bridgehead atoms. The van der Waals surface area contributed by atoms with E-state index >= 15 is 0 Å². The maximum Gasteiger partial charge on any atom is 0.416 e. The second-order valence-electron chi connectivity index (χ2n) is 5.58. The predicted octanol–water partition coefficient (Wildman–Crippen LogP) is 1.99. The molecule has 1 aliphatic heterocycles. The molecule has 2 heterocycles. The van der Waals surface area contributed by atoms with E-state index in [4.69, 9.17) is 4.74 Å². The van der Waals surface area contributed by atoms with E-state index in [1.807, 2.05) is 0 Å². The maximum absolute atomic E-state index is 12.5. The summed E-state index contributed by atoms with van der Waals surface area (Å²) >= 11 is 0. The molecule has 0 saturated carbocycles. The summed E-state index contributed by atoms with van der Waals surface area (Å²) in [6, 6.07) is 7.62. The van der Waals surface area contributed by atoms with Crippen LogP contribution in [0, 0.1) is 0 Å². The van der Waals surface area contributed by atoms with Gasteiger partial charge >= 0.3 is 6.18 Å². The number of halogens is 3. The van der Waals surface area contributed by atoms with Gasteiger partial charge in [0, 0.05) is 25.4 Å². The lowest BCUT2D eigenvalue weighted by atomic mass is 10.1. The highest BCUT2D eigenvalue weighted by Crippen LogP contribution is 2.29. The monoisotopic (exact) mass is 339 g/mol. The van der Waals surface area contributed by atoms with Gasteiger partial charge in [0.05, 0.1) is 24.3 Å². The van der Waals surface area contributed by atoms with Crippen molar-refractivity contribution in [2.24, 2.45) is 0 Å². The highest BCUT2D eigenvalue weighted by atomic mass is 19.4. The van der Waals surface area contributed by atoms with Crippen LogP contribution in [0.4, 0.5) is 13.2 Å². The first kappa shape index (κ1) is 16.7. The fourth-order valence-corrected chi connectivity index (χ4v) is 2.67. The number of nitrogens with one attached hydrogen (secondary N) is 1. The van der Waals surface area contributed by atoms with Crippen LogP contribution in [0.3, 0.4) is 0 Å². The van der Waals surface area contributed by atoms with Gasteiger partial charge in [0.15, 0.2) is 0 Å². The summed E-state index contributed by atoms with van der Waals surface area (Å²) in [7, 11) is 0. The number of nitrogens with zero attached hydrogens (tertiary/aromatic N) is 2. The topological polar surface area (TPSA) is 56.2 Å². The van der Waals surface area contributed by atoms with E-state index < -0.39 is 11.7 Å². The molecule has 5 nitrogen and oxygen atoms in total. The Morgan fingerprint density at radius 1 is 1.21 bits per heavy atom. The van der Waals surface area contributed by atoms with Gasteiger partial charge < -0.3 is 10.1 Å². The molecule has 2 atom stereocenters. The molecular weight excluding hydrogens is 323 g/mol. The van der Waals surface area contributed by atoms with Crippen molar-refractivity contribution < 1.29 is 17.9 Å². The van der Waals surface area contributed by atoms with Gasteiger partial charge in [-0.25, -0.2) is 4.68 Å². The van der Waals surface area contributed by atoms with Gasteiger partial charge in [-0.05, 0) is 23.8 Å². The zero-order valence-electron chi connectivity index (χ0n) is 12.7. The summed E-state index contributed by atoms with van der Waals surface area (Å²) in [5, 5.41) is 7.20. The van der Waals surface area contributed by atoms with Crippen molar-refractivity contribution >= 4 is 0 Å². The number of hydrogen-bond donors (Lipinski definition) is 1. The Labute approximate surface area is 136 Å². The first-order valence-electron chi connectivity index (χ1n) is 7.47. The summed E-state index contributed by atoms with van der Waals surface area (Å²) in [6.45, 7) is 1.27. The summed E-state index contributed by atoms with van der Waals surface area (Å²) in [5.41, 5.74) is -0.261. The van der Waals surface area contributed by atoms with Gasteiger partial charge in [0.2, 0.25) is 0 Å². The lowest BCUT2D eigenvalue weighted by Gasteiger charge is -2.20. The Morgan fingerprint density at radius 3 is 2.62 bits per heavy atom. The second-order valence-corrected chi connectivity index (χ2v) is 5.58. The van der Waals surface area contributed by atoms with Crippen molar-refractivity contribution in [3.63, 3.8) is 0 Å². The summed E-state index contributed by atoms with van der Waals surface area (Å²) in [6.07, 6.45) is -3.09. The van der Waals surface area contributed by atoms with Crippen molar-refractivity contribution in [1.82, 2.24) is 15.1 Å². The van der Waals surface area contributed by atoms with Gasteiger partial charge in [0.25, 0.3) is 5.56 Å². The Morgan fingerprint density at radius 2 is 1.96 bits per heavy atom. The lowest BCUT2D eigenvalue weighted by molar-refractivity contribution is -0.137. The number of aromatic nitrogens is 2. The van der Waals surface area contributed by atoms with E-state index in [1.165, 1.54) is 29.1 Å². The standard InChI is InChI=1S/C16H16F3N3O2/c17-16(18,19)12-5-3-11(4-6-12)10-24-14-9-20-8-13(14)22-15(23)2-1-7-21-22/h1-7,13-14,20H,8-10H2. The number of benzene rings is 1. The molecule has 1 aromatic carbocycles. The molecular formula is C16H16F3N3O2. The average Bonchev–Trinajstić information content (AvgIpc) is 3.01. The zero-order chi connectivity index (χ0) is 17.2. The predicted molar refractivity (Wildman–Crippen MR) is 80.4 cm³/mol. The van der Waals surface area contributed by atoms with E-state index in [0.717, 1.165) is 12.1 Å². The Kier molecular flexibility index (Phi) is 4.68. The first-order valence-corrected chi connectivity index (χ1v) is 7.47. The summed E-state index contributed by atoms with van der Waals surface area (Å²) in [4.78, 5) is 11.9. The van der Waals surface area contributed by atoms with Gasteiger partial charge in [0.1, 0.15) is 0 Å². The van der Waals surface area contributed by atoms with Crippen LogP contribution in [-0.4, -0.2) is 29.0 Å². The van der Waals surface area contributed by atoms with E-state index in [0.29, 0.717) is 18.7 Å². The molecule has 1 saturated heterocycles. The molecule has 1 fully saturated rings. The minimum absolute atomic E-state index is 0.169. The molecule has 2 aromatic rings. The number of ether oxygens (including phenoxy) is 1. The Bertz CT molecular complexity index is 743. The molecule has 1 aliphatic rings. The first-order chi connectivity index (χ1) is 11.4. The fourth-order valence-electron chi connectivity index (χ4n) is 2.67. The summed E-state index contributed by atoms with van der Waals surface area (Å²) < 4.78 is 44.8. The van der Waals surface area contributed by atoms with Gasteiger partial charge in [-0.3, -0.25) is 4.79 Å². The van der Waals surface area contributed by atoms with Gasteiger partial charge in [-0.15, -0.1) is 0 Å². The molecule has 2 unspecified atom stereocenters. The Hall–Kier alpha value is -2.19. The maximum atomic E-state index is 12.5. The van der Waals surface area contributed by atoms with Crippen LogP contribution < -0.4 is 10.9 Å².